The van der Waals surface area contributed by atoms with Crippen LogP contribution in [-0.4, -0.2) is 45.9 Å². The van der Waals surface area contributed by atoms with Gasteiger partial charge < -0.3 is 4.74 Å². The molecule has 0 bridgehead atoms. The molecular weight excluding hydrogens is 304 g/mol. The van der Waals surface area contributed by atoms with Crippen molar-refractivity contribution in [1.29, 1.82) is 0 Å². The minimum Gasteiger partial charge on any atom is -0.449 e. The molecule has 0 spiro atoms. The highest BCUT2D eigenvalue weighted by molar-refractivity contribution is 6.12. The van der Waals surface area contributed by atoms with Crippen molar-refractivity contribution in [2.24, 2.45) is 0 Å². The number of anilines is 1. The molecule has 1 aromatic heterocycles. The van der Waals surface area contributed by atoms with Crippen molar-refractivity contribution in [3.8, 4) is 0 Å². The van der Waals surface area contributed by atoms with Crippen molar-refractivity contribution >= 4 is 23.7 Å². The van der Waals surface area contributed by atoms with E-state index in [1.165, 1.54) is 29.3 Å². The van der Waals surface area contributed by atoms with Gasteiger partial charge in [0.15, 0.2) is 0 Å². The Bertz CT molecular complexity index is 664. The SMILES string of the molecule is O=C(Nc1ccnc(=O)[nH]1)OCCCCCN1C(=O)C=CC1=O. The van der Waals surface area contributed by atoms with Crippen LogP contribution in [0.3, 0.4) is 0 Å². The standard InChI is InChI=1S/C14H16N4O5/c19-11-4-5-12(20)18(11)8-2-1-3-9-23-14(22)17-10-6-7-15-13(21)16-10/h4-7H,1-3,8-9H2,(H2,15,16,17,21,22). The predicted octanol–water partition coefficient (Wildman–Crippen LogP) is 0.414. The third-order valence-electron chi connectivity index (χ3n) is 3.07. The number of H-pyrrole nitrogens is 1. The van der Waals surface area contributed by atoms with Crippen molar-refractivity contribution in [2.75, 3.05) is 18.5 Å². The molecule has 0 saturated heterocycles. The number of ether oxygens (including phenoxy) is 1. The molecule has 2 heterocycles. The third-order valence-corrected chi connectivity index (χ3v) is 3.07. The van der Waals surface area contributed by atoms with Crippen molar-refractivity contribution < 1.29 is 19.1 Å². The normalized spacial score (nSPS) is 13.5. The first-order chi connectivity index (χ1) is 11.1. The molecule has 1 aliphatic rings. The molecule has 2 N–H and O–H groups in total. The van der Waals surface area contributed by atoms with Crippen LogP contribution in [0.25, 0.3) is 0 Å². The van der Waals surface area contributed by atoms with E-state index in [2.05, 4.69) is 15.3 Å². The summed E-state index contributed by atoms with van der Waals surface area (Å²) in [5, 5.41) is 2.37. The fourth-order valence-corrected chi connectivity index (χ4v) is 1.95. The number of aromatic amines is 1. The molecular formula is C14H16N4O5. The number of nitrogens with zero attached hydrogens (tertiary/aromatic N) is 2. The van der Waals surface area contributed by atoms with E-state index in [4.69, 9.17) is 4.74 Å². The summed E-state index contributed by atoms with van der Waals surface area (Å²) in [6, 6.07) is 1.43. The fourth-order valence-electron chi connectivity index (χ4n) is 1.95. The minimum absolute atomic E-state index is 0.196. The monoisotopic (exact) mass is 320 g/mol. The lowest BCUT2D eigenvalue weighted by Gasteiger charge is -2.13. The van der Waals surface area contributed by atoms with Gasteiger partial charge in [0.25, 0.3) is 11.8 Å². The summed E-state index contributed by atoms with van der Waals surface area (Å²) >= 11 is 0. The number of amides is 3. The molecule has 2 rings (SSSR count). The summed E-state index contributed by atoms with van der Waals surface area (Å²) in [4.78, 5) is 52.0. The molecule has 9 heteroatoms. The molecule has 122 valence electrons. The predicted molar refractivity (Wildman–Crippen MR) is 79.5 cm³/mol. The largest absolute Gasteiger partial charge is 0.449 e. The number of unbranched alkanes of at least 4 members (excludes halogenated alkanes) is 2. The Labute approximate surface area is 131 Å². The quantitative estimate of drug-likeness (QED) is 0.554. The second-order valence-electron chi connectivity index (χ2n) is 4.77. The van der Waals surface area contributed by atoms with Crippen LogP contribution in [0.2, 0.25) is 0 Å². The van der Waals surface area contributed by atoms with E-state index < -0.39 is 11.8 Å². The second kappa shape index (κ2) is 7.87. The Kier molecular flexibility index (Phi) is 5.61. The summed E-state index contributed by atoms with van der Waals surface area (Å²) in [5.41, 5.74) is -0.566. The molecule has 0 saturated carbocycles. The highest BCUT2D eigenvalue weighted by Crippen LogP contribution is 2.07. The highest BCUT2D eigenvalue weighted by atomic mass is 16.5. The molecule has 9 nitrogen and oxygen atoms in total. The summed E-state index contributed by atoms with van der Waals surface area (Å²) in [6.45, 7) is 0.552. The van der Waals surface area contributed by atoms with E-state index in [0.717, 1.165) is 0 Å². The van der Waals surface area contributed by atoms with E-state index >= 15 is 0 Å². The van der Waals surface area contributed by atoms with Crippen LogP contribution in [0.4, 0.5) is 10.6 Å². The van der Waals surface area contributed by atoms with Crippen molar-refractivity contribution in [2.45, 2.75) is 19.3 Å². The van der Waals surface area contributed by atoms with Gasteiger partial charge in [0.05, 0.1) is 6.61 Å². The topological polar surface area (TPSA) is 121 Å². The van der Waals surface area contributed by atoms with Crippen molar-refractivity contribution in [1.82, 2.24) is 14.9 Å². The smallest absolute Gasteiger partial charge is 0.412 e. The van der Waals surface area contributed by atoms with Crippen molar-refractivity contribution in [3.05, 3.63) is 34.9 Å². The van der Waals surface area contributed by atoms with Gasteiger partial charge in [-0.15, -0.1) is 0 Å². The first kappa shape index (κ1) is 16.4. The van der Waals surface area contributed by atoms with E-state index in [1.807, 2.05) is 0 Å². The average Bonchev–Trinajstić information content (AvgIpc) is 2.82. The zero-order chi connectivity index (χ0) is 16.7. The van der Waals surface area contributed by atoms with E-state index in [0.29, 0.717) is 25.8 Å². The maximum Gasteiger partial charge on any atom is 0.412 e. The molecule has 0 fully saturated rings. The Balaban J connectivity index is 1.57. The Morgan fingerprint density at radius 2 is 1.91 bits per heavy atom. The first-order valence-electron chi connectivity index (χ1n) is 7.09. The van der Waals surface area contributed by atoms with Gasteiger partial charge in [-0.25, -0.2) is 14.6 Å². The van der Waals surface area contributed by atoms with E-state index in [9.17, 15) is 19.2 Å². The van der Waals surface area contributed by atoms with Gasteiger partial charge in [-0.3, -0.25) is 24.8 Å². The number of aromatic nitrogens is 2. The summed E-state index contributed by atoms with van der Waals surface area (Å²) < 4.78 is 4.95. The Morgan fingerprint density at radius 3 is 2.61 bits per heavy atom. The average molecular weight is 320 g/mol. The number of hydrogen-bond acceptors (Lipinski definition) is 6. The molecule has 0 aliphatic carbocycles. The molecule has 1 aromatic rings. The van der Waals surface area contributed by atoms with Crippen LogP contribution in [-0.2, 0) is 14.3 Å². The minimum atomic E-state index is -0.680. The fraction of sp³-hybridized carbons (Fsp3) is 0.357. The van der Waals surface area contributed by atoms with Crippen molar-refractivity contribution in [3.63, 3.8) is 0 Å². The van der Waals surface area contributed by atoms with Crippen LogP contribution >= 0.6 is 0 Å². The van der Waals surface area contributed by atoms with Gasteiger partial charge in [-0.2, -0.15) is 0 Å². The number of imide groups is 1. The molecule has 0 atom stereocenters. The maximum atomic E-state index is 11.5. The summed E-state index contributed by atoms with van der Waals surface area (Å²) in [5.74, 6) is -0.387. The van der Waals surface area contributed by atoms with Crippen LogP contribution < -0.4 is 11.0 Å². The van der Waals surface area contributed by atoms with Crippen LogP contribution in [0.1, 0.15) is 19.3 Å². The Morgan fingerprint density at radius 1 is 1.17 bits per heavy atom. The zero-order valence-corrected chi connectivity index (χ0v) is 12.3. The third kappa shape index (κ3) is 5.06. The lowest BCUT2D eigenvalue weighted by Crippen LogP contribution is -2.30. The maximum absolute atomic E-state index is 11.5. The van der Waals surface area contributed by atoms with Gasteiger partial charge >= 0.3 is 11.8 Å². The summed E-state index contributed by atoms with van der Waals surface area (Å²) in [7, 11) is 0. The molecule has 0 radical (unpaired) electrons. The number of nitrogens with one attached hydrogen (secondary N) is 2. The van der Waals surface area contributed by atoms with Gasteiger partial charge in [0.1, 0.15) is 5.82 Å². The van der Waals surface area contributed by atoms with E-state index in [-0.39, 0.29) is 24.2 Å². The molecule has 3 amide bonds. The lowest BCUT2D eigenvalue weighted by molar-refractivity contribution is -0.136. The van der Waals surface area contributed by atoms with Crippen LogP contribution in [0.15, 0.2) is 29.2 Å². The number of carbonyl (C=O) groups is 3. The van der Waals surface area contributed by atoms with Gasteiger partial charge in [0, 0.05) is 24.9 Å². The second-order valence-corrected chi connectivity index (χ2v) is 4.77. The number of hydrogen-bond donors (Lipinski definition) is 2. The highest BCUT2D eigenvalue weighted by Gasteiger charge is 2.22. The molecule has 23 heavy (non-hydrogen) atoms. The Hall–Kier alpha value is -2.97. The zero-order valence-electron chi connectivity index (χ0n) is 12.3. The molecule has 0 aromatic carbocycles. The summed E-state index contributed by atoms with van der Waals surface area (Å²) in [6.07, 6.45) is 5.03. The van der Waals surface area contributed by atoms with Crippen LogP contribution in [0, 0.1) is 0 Å². The molecule has 0 unspecified atom stereocenters. The van der Waals surface area contributed by atoms with Crippen LogP contribution in [0.5, 0.6) is 0 Å². The lowest BCUT2D eigenvalue weighted by atomic mass is 10.2. The van der Waals surface area contributed by atoms with Gasteiger partial charge in [-0.1, -0.05) is 0 Å². The number of rotatable bonds is 7. The van der Waals surface area contributed by atoms with Gasteiger partial charge in [0.2, 0.25) is 0 Å². The molecule has 1 aliphatic heterocycles. The first-order valence-corrected chi connectivity index (χ1v) is 7.09. The number of carbonyl (C=O) groups excluding carboxylic acids is 3. The van der Waals surface area contributed by atoms with E-state index in [1.54, 1.807) is 0 Å². The van der Waals surface area contributed by atoms with Gasteiger partial charge in [-0.05, 0) is 25.3 Å².